The number of amides is 1. The highest BCUT2D eigenvalue weighted by Crippen LogP contribution is 2.33. The van der Waals surface area contributed by atoms with Crippen molar-refractivity contribution in [3.63, 3.8) is 0 Å². The van der Waals surface area contributed by atoms with Gasteiger partial charge in [-0.1, -0.05) is 11.3 Å². The van der Waals surface area contributed by atoms with Crippen LogP contribution in [0.4, 0.5) is 5.13 Å². The number of aromatic nitrogens is 1. The molecule has 0 aromatic carbocycles. The maximum absolute atomic E-state index is 12.2. The molecule has 1 saturated heterocycles. The summed E-state index contributed by atoms with van der Waals surface area (Å²) in [6.45, 7) is 1.42. The van der Waals surface area contributed by atoms with Crippen molar-refractivity contribution in [2.45, 2.75) is 18.9 Å². The van der Waals surface area contributed by atoms with Crippen molar-refractivity contribution < 1.29 is 9.53 Å². The molecule has 7 heteroatoms. The molecule has 1 N–H and O–H groups in total. The summed E-state index contributed by atoms with van der Waals surface area (Å²) < 4.78 is 6.45. The van der Waals surface area contributed by atoms with Crippen LogP contribution in [0.2, 0.25) is 0 Å². The van der Waals surface area contributed by atoms with E-state index in [0.717, 1.165) is 39.0 Å². The zero-order chi connectivity index (χ0) is 14.1. The van der Waals surface area contributed by atoms with Crippen molar-refractivity contribution in [1.82, 2.24) is 10.3 Å². The summed E-state index contributed by atoms with van der Waals surface area (Å²) in [5.74, 6) is -0.0119. The monoisotopic (exact) mass is 311 g/mol. The number of thiazole rings is 1. The Kier molecular flexibility index (Phi) is 3.91. The number of hydrogen-bond donors (Lipinski definition) is 1. The van der Waals surface area contributed by atoms with Gasteiger partial charge in [0.15, 0.2) is 5.13 Å². The zero-order valence-corrected chi connectivity index (χ0v) is 13.1. The predicted octanol–water partition coefficient (Wildman–Crippen LogP) is 2.33. The molecule has 1 atom stereocenters. The molecule has 5 nitrogen and oxygen atoms in total. The third kappa shape index (κ3) is 2.79. The Bertz CT molecular complexity index is 583. The molecule has 0 saturated carbocycles. The van der Waals surface area contributed by atoms with Crippen LogP contribution in [-0.4, -0.2) is 44.2 Å². The molecule has 0 bridgehead atoms. The molecule has 0 radical (unpaired) electrons. The second-order valence-electron chi connectivity index (χ2n) is 5.06. The lowest BCUT2D eigenvalue weighted by Gasteiger charge is -2.22. The summed E-state index contributed by atoms with van der Waals surface area (Å²) in [5, 5.41) is 4.01. The molecule has 1 amide bonds. The van der Waals surface area contributed by atoms with Crippen LogP contribution in [0.1, 0.15) is 22.5 Å². The van der Waals surface area contributed by atoms with Crippen molar-refractivity contribution in [2.75, 3.05) is 32.2 Å². The molecule has 0 spiro atoms. The maximum Gasteiger partial charge on any atom is 0.261 e. The Morgan fingerprint density at radius 3 is 3.00 bits per heavy atom. The first-order valence-corrected chi connectivity index (χ1v) is 8.23. The van der Waals surface area contributed by atoms with Crippen molar-refractivity contribution in [3.8, 4) is 0 Å². The van der Waals surface area contributed by atoms with Crippen molar-refractivity contribution >= 4 is 43.2 Å². The summed E-state index contributed by atoms with van der Waals surface area (Å²) in [6, 6.07) is 2.07. The van der Waals surface area contributed by atoms with Crippen LogP contribution in [0.3, 0.4) is 0 Å². The molecule has 1 aliphatic rings. The first-order chi connectivity index (χ1) is 9.63. The Hall–Kier alpha value is -1.18. The SMILES string of the molecule is CN(C)c1nc2sc(C(=O)N[C@H]3CCCOC3)cc2s1. The number of rotatable bonds is 3. The number of nitrogens with zero attached hydrogens (tertiary/aromatic N) is 2. The van der Waals surface area contributed by atoms with E-state index in [1.54, 1.807) is 11.3 Å². The van der Waals surface area contributed by atoms with Gasteiger partial charge < -0.3 is 15.0 Å². The average molecular weight is 311 g/mol. The standard InChI is InChI=1S/C13H17N3O2S2/c1-16(2)13-15-12-10(20-13)6-9(19-12)11(17)14-8-4-3-5-18-7-8/h6,8H,3-5,7H2,1-2H3,(H,14,17)/t8-/m0/s1. The molecule has 20 heavy (non-hydrogen) atoms. The van der Waals surface area contributed by atoms with E-state index in [1.807, 2.05) is 25.1 Å². The average Bonchev–Trinajstić information content (AvgIpc) is 2.97. The molecule has 0 aliphatic carbocycles. The quantitative estimate of drug-likeness (QED) is 0.945. The molecule has 108 valence electrons. The smallest absolute Gasteiger partial charge is 0.261 e. The number of fused-ring (bicyclic) bond motifs is 1. The van der Waals surface area contributed by atoms with Gasteiger partial charge in [-0.2, -0.15) is 0 Å². The molecular formula is C13H17N3O2S2. The van der Waals surface area contributed by atoms with Gasteiger partial charge in [-0.05, 0) is 18.9 Å². The summed E-state index contributed by atoms with van der Waals surface area (Å²) in [7, 11) is 3.94. The van der Waals surface area contributed by atoms with Crippen LogP contribution in [0.25, 0.3) is 9.53 Å². The minimum atomic E-state index is -0.0119. The fraction of sp³-hybridized carbons (Fsp3) is 0.538. The highest BCUT2D eigenvalue weighted by atomic mass is 32.1. The molecule has 1 aliphatic heterocycles. The van der Waals surface area contributed by atoms with Crippen molar-refractivity contribution in [1.29, 1.82) is 0 Å². The van der Waals surface area contributed by atoms with Crippen molar-refractivity contribution in [2.24, 2.45) is 0 Å². The number of hydrogen-bond acceptors (Lipinski definition) is 6. The lowest BCUT2D eigenvalue weighted by Crippen LogP contribution is -2.40. The van der Waals surface area contributed by atoms with E-state index < -0.39 is 0 Å². The molecular weight excluding hydrogens is 294 g/mol. The summed E-state index contributed by atoms with van der Waals surface area (Å²) in [4.78, 5) is 20.4. The van der Waals surface area contributed by atoms with E-state index in [-0.39, 0.29) is 11.9 Å². The topological polar surface area (TPSA) is 54.5 Å². The van der Waals surface area contributed by atoms with Crippen LogP contribution in [0, 0.1) is 0 Å². The Balaban J connectivity index is 1.72. The number of anilines is 1. The van der Waals surface area contributed by atoms with Gasteiger partial charge in [0.1, 0.15) is 4.83 Å². The minimum Gasteiger partial charge on any atom is -0.379 e. The van der Waals surface area contributed by atoms with Gasteiger partial charge in [0.2, 0.25) is 0 Å². The Morgan fingerprint density at radius 1 is 1.50 bits per heavy atom. The third-order valence-corrected chi connectivity index (χ3v) is 5.51. The lowest BCUT2D eigenvalue weighted by molar-refractivity contribution is 0.0626. The van der Waals surface area contributed by atoms with E-state index in [1.165, 1.54) is 11.3 Å². The number of carbonyl (C=O) groups is 1. The molecule has 3 heterocycles. The number of thiophene rings is 1. The predicted molar refractivity (Wildman–Crippen MR) is 83.1 cm³/mol. The fourth-order valence-electron chi connectivity index (χ4n) is 2.14. The van der Waals surface area contributed by atoms with Gasteiger partial charge in [-0.15, -0.1) is 11.3 Å². The first-order valence-electron chi connectivity index (χ1n) is 6.60. The van der Waals surface area contributed by atoms with E-state index in [4.69, 9.17) is 4.74 Å². The largest absolute Gasteiger partial charge is 0.379 e. The molecule has 1 fully saturated rings. The van der Waals surface area contributed by atoms with Gasteiger partial charge in [-0.3, -0.25) is 4.79 Å². The Labute approximate surface area is 125 Å². The highest BCUT2D eigenvalue weighted by Gasteiger charge is 2.19. The summed E-state index contributed by atoms with van der Waals surface area (Å²) in [6.07, 6.45) is 2.01. The summed E-state index contributed by atoms with van der Waals surface area (Å²) >= 11 is 3.06. The van der Waals surface area contributed by atoms with Crippen LogP contribution < -0.4 is 10.2 Å². The molecule has 2 aromatic rings. The van der Waals surface area contributed by atoms with Crippen LogP contribution in [-0.2, 0) is 4.74 Å². The Morgan fingerprint density at radius 2 is 2.35 bits per heavy atom. The van der Waals surface area contributed by atoms with Crippen LogP contribution in [0.5, 0.6) is 0 Å². The minimum absolute atomic E-state index is 0.0119. The van der Waals surface area contributed by atoms with Gasteiger partial charge in [0.25, 0.3) is 5.91 Å². The van der Waals surface area contributed by atoms with Gasteiger partial charge in [0.05, 0.1) is 22.2 Å². The maximum atomic E-state index is 12.2. The number of ether oxygens (including phenoxy) is 1. The van der Waals surface area contributed by atoms with E-state index in [2.05, 4.69) is 10.3 Å². The first kappa shape index (κ1) is 13.8. The zero-order valence-electron chi connectivity index (χ0n) is 11.5. The van der Waals surface area contributed by atoms with Crippen LogP contribution in [0.15, 0.2) is 6.07 Å². The van der Waals surface area contributed by atoms with Crippen LogP contribution >= 0.6 is 22.7 Å². The van der Waals surface area contributed by atoms with E-state index in [9.17, 15) is 4.79 Å². The molecule has 3 rings (SSSR count). The second-order valence-corrected chi connectivity index (χ2v) is 7.10. The van der Waals surface area contributed by atoms with Gasteiger partial charge in [0, 0.05) is 20.7 Å². The number of nitrogens with one attached hydrogen (secondary N) is 1. The number of carbonyl (C=O) groups excluding carboxylic acids is 1. The van der Waals surface area contributed by atoms with Gasteiger partial charge in [-0.25, -0.2) is 4.98 Å². The summed E-state index contributed by atoms with van der Waals surface area (Å²) in [5.41, 5.74) is 0. The molecule has 0 unspecified atom stereocenters. The molecule has 2 aromatic heterocycles. The van der Waals surface area contributed by atoms with E-state index in [0.29, 0.717) is 6.61 Å². The normalized spacial score (nSPS) is 19.2. The highest BCUT2D eigenvalue weighted by molar-refractivity contribution is 7.29. The van der Waals surface area contributed by atoms with Gasteiger partial charge >= 0.3 is 0 Å². The second kappa shape index (κ2) is 5.67. The fourth-order valence-corrected chi connectivity index (χ4v) is 4.17. The lowest BCUT2D eigenvalue weighted by atomic mass is 10.1. The van der Waals surface area contributed by atoms with Crippen molar-refractivity contribution in [3.05, 3.63) is 10.9 Å². The van der Waals surface area contributed by atoms with E-state index >= 15 is 0 Å². The third-order valence-electron chi connectivity index (χ3n) is 3.18.